The van der Waals surface area contributed by atoms with Crippen molar-refractivity contribution in [3.05, 3.63) is 28.8 Å². The van der Waals surface area contributed by atoms with E-state index in [-0.39, 0.29) is 6.23 Å². The van der Waals surface area contributed by atoms with Crippen molar-refractivity contribution in [2.45, 2.75) is 64.0 Å². The van der Waals surface area contributed by atoms with E-state index in [0.29, 0.717) is 5.92 Å². The van der Waals surface area contributed by atoms with Crippen LogP contribution >= 0.6 is 0 Å². The quantitative estimate of drug-likeness (QED) is 0.726. The van der Waals surface area contributed by atoms with E-state index in [4.69, 9.17) is 10.1 Å². The van der Waals surface area contributed by atoms with E-state index in [0.717, 1.165) is 43.8 Å². The molecule has 0 radical (unpaired) electrons. The number of aryl methyl sites for hydroxylation is 1. The van der Waals surface area contributed by atoms with Gasteiger partial charge < -0.3 is 20.8 Å². The Balaban J connectivity index is 1.79. The SMILES string of the molecule is Cc1cc(NC2CCCCO2)c(C=N)cc1C1CCCCCNC1. The number of hydrogen-bond donors (Lipinski definition) is 3. The van der Waals surface area contributed by atoms with Crippen LogP contribution in [0.3, 0.4) is 0 Å². The lowest BCUT2D eigenvalue weighted by Crippen LogP contribution is -2.28. The zero-order valence-electron chi connectivity index (χ0n) is 14.9. The molecule has 2 unspecified atom stereocenters. The second-order valence-corrected chi connectivity index (χ2v) is 7.19. The lowest BCUT2D eigenvalue weighted by molar-refractivity contribution is 0.0343. The molecule has 0 aliphatic carbocycles. The Hall–Kier alpha value is -1.39. The molecule has 3 N–H and O–H groups in total. The molecular formula is C20H31N3O. The Morgan fingerprint density at radius 3 is 2.83 bits per heavy atom. The van der Waals surface area contributed by atoms with Gasteiger partial charge in [-0.2, -0.15) is 0 Å². The summed E-state index contributed by atoms with van der Waals surface area (Å²) in [5, 5.41) is 14.9. The first kappa shape index (κ1) is 17.4. The highest BCUT2D eigenvalue weighted by Gasteiger charge is 2.19. The van der Waals surface area contributed by atoms with Gasteiger partial charge in [0, 0.05) is 30.6 Å². The van der Waals surface area contributed by atoms with Crippen LogP contribution in [0.5, 0.6) is 0 Å². The highest BCUT2D eigenvalue weighted by atomic mass is 16.5. The molecule has 3 rings (SSSR count). The number of nitrogens with one attached hydrogen (secondary N) is 3. The lowest BCUT2D eigenvalue weighted by atomic mass is 9.87. The van der Waals surface area contributed by atoms with E-state index in [1.165, 1.54) is 49.4 Å². The highest BCUT2D eigenvalue weighted by Crippen LogP contribution is 2.31. The Morgan fingerprint density at radius 2 is 2.04 bits per heavy atom. The van der Waals surface area contributed by atoms with Gasteiger partial charge >= 0.3 is 0 Å². The largest absolute Gasteiger partial charge is 0.360 e. The van der Waals surface area contributed by atoms with Crippen molar-refractivity contribution in [3.63, 3.8) is 0 Å². The van der Waals surface area contributed by atoms with Crippen LogP contribution in [0.2, 0.25) is 0 Å². The summed E-state index contributed by atoms with van der Waals surface area (Å²) in [5.41, 5.74) is 4.74. The van der Waals surface area contributed by atoms with Crippen LogP contribution in [-0.2, 0) is 4.74 Å². The molecule has 4 nitrogen and oxygen atoms in total. The van der Waals surface area contributed by atoms with Crippen molar-refractivity contribution in [2.75, 3.05) is 25.0 Å². The summed E-state index contributed by atoms with van der Waals surface area (Å²) in [6.45, 7) is 5.22. The third-order valence-corrected chi connectivity index (χ3v) is 5.33. The van der Waals surface area contributed by atoms with Gasteiger partial charge in [0.25, 0.3) is 0 Å². The molecule has 1 aromatic carbocycles. The molecule has 0 amide bonds. The van der Waals surface area contributed by atoms with Crippen molar-refractivity contribution < 1.29 is 4.74 Å². The van der Waals surface area contributed by atoms with Crippen LogP contribution in [0.25, 0.3) is 0 Å². The fraction of sp³-hybridized carbons (Fsp3) is 0.650. The van der Waals surface area contributed by atoms with Crippen molar-refractivity contribution in [3.8, 4) is 0 Å². The lowest BCUT2D eigenvalue weighted by Gasteiger charge is -2.27. The predicted octanol–water partition coefficient (Wildman–Crippen LogP) is 4.18. The zero-order valence-corrected chi connectivity index (χ0v) is 14.9. The average molecular weight is 329 g/mol. The fourth-order valence-electron chi connectivity index (χ4n) is 3.92. The molecule has 2 heterocycles. The second kappa shape index (κ2) is 8.63. The minimum absolute atomic E-state index is 0.0887. The second-order valence-electron chi connectivity index (χ2n) is 7.19. The van der Waals surface area contributed by atoms with Crippen LogP contribution in [0.1, 0.15) is 67.6 Å². The maximum atomic E-state index is 7.84. The first-order chi connectivity index (χ1) is 11.8. The molecule has 2 saturated heterocycles. The average Bonchev–Trinajstić information content (AvgIpc) is 2.56. The molecule has 2 fully saturated rings. The van der Waals surface area contributed by atoms with E-state index < -0.39 is 0 Å². The predicted molar refractivity (Wildman–Crippen MR) is 100 cm³/mol. The van der Waals surface area contributed by atoms with E-state index >= 15 is 0 Å². The highest BCUT2D eigenvalue weighted by molar-refractivity contribution is 5.86. The van der Waals surface area contributed by atoms with Crippen LogP contribution < -0.4 is 10.6 Å². The number of ether oxygens (including phenoxy) is 1. The third-order valence-electron chi connectivity index (χ3n) is 5.33. The third kappa shape index (κ3) is 4.37. The molecule has 0 aromatic heterocycles. The fourth-order valence-corrected chi connectivity index (χ4v) is 3.92. The maximum absolute atomic E-state index is 7.84. The Kier molecular flexibility index (Phi) is 6.27. The standard InChI is InChI=1S/C20H31N3O/c1-15-11-19(23-20-8-4-6-10-24-20)17(13-21)12-18(15)16-7-3-2-5-9-22-14-16/h11-13,16,20-23H,2-10,14H2,1H3. The van der Waals surface area contributed by atoms with Gasteiger partial charge in [-0.1, -0.05) is 12.8 Å². The van der Waals surface area contributed by atoms with Crippen molar-refractivity contribution in [2.24, 2.45) is 0 Å². The van der Waals surface area contributed by atoms with Gasteiger partial charge in [-0.25, -0.2) is 0 Å². The molecular weight excluding hydrogens is 298 g/mol. The monoisotopic (exact) mass is 329 g/mol. The van der Waals surface area contributed by atoms with E-state index in [9.17, 15) is 0 Å². The molecule has 1 aromatic rings. The smallest absolute Gasteiger partial charge is 0.127 e. The van der Waals surface area contributed by atoms with Crippen molar-refractivity contribution >= 4 is 11.9 Å². The summed E-state index contributed by atoms with van der Waals surface area (Å²) >= 11 is 0. The Morgan fingerprint density at radius 1 is 1.17 bits per heavy atom. The van der Waals surface area contributed by atoms with Gasteiger partial charge in [0.1, 0.15) is 6.23 Å². The van der Waals surface area contributed by atoms with Gasteiger partial charge in [-0.05, 0) is 74.8 Å². The number of anilines is 1. The van der Waals surface area contributed by atoms with Gasteiger partial charge in [-0.15, -0.1) is 0 Å². The number of hydrogen-bond acceptors (Lipinski definition) is 4. The first-order valence-electron chi connectivity index (χ1n) is 9.52. The molecule has 2 aliphatic rings. The Bertz CT molecular complexity index is 544. The maximum Gasteiger partial charge on any atom is 0.127 e. The van der Waals surface area contributed by atoms with Gasteiger partial charge in [-0.3, -0.25) is 0 Å². The molecule has 132 valence electrons. The van der Waals surface area contributed by atoms with Gasteiger partial charge in [0.2, 0.25) is 0 Å². The molecule has 24 heavy (non-hydrogen) atoms. The molecule has 2 atom stereocenters. The zero-order chi connectivity index (χ0) is 16.8. The van der Waals surface area contributed by atoms with E-state index in [1.54, 1.807) is 0 Å². The normalized spacial score (nSPS) is 25.5. The van der Waals surface area contributed by atoms with Crippen LogP contribution in [0.15, 0.2) is 12.1 Å². The van der Waals surface area contributed by atoms with Crippen molar-refractivity contribution in [1.82, 2.24) is 5.32 Å². The molecule has 4 heteroatoms. The van der Waals surface area contributed by atoms with E-state index in [2.05, 4.69) is 29.7 Å². The summed E-state index contributed by atoms with van der Waals surface area (Å²) < 4.78 is 5.80. The first-order valence-corrected chi connectivity index (χ1v) is 9.52. The van der Waals surface area contributed by atoms with Gasteiger partial charge in [0.05, 0.1) is 0 Å². The number of benzene rings is 1. The summed E-state index contributed by atoms with van der Waals surface area (Å²) in [7, 11) is 0. The summed E-state index contributed by atoms with van der Waals surface area (Å²) in [6, 6.07) is 4.44. The topological polar surface area (TPSA) is 57.1 Å². The van der Waals surface area contributed by atoms with Crippen LogP contribution in [-0.4, -0.2) is 32.1 Å². The van der Waals surface area contributed by atoms with Crippen molar-refractivity contribution in [1.29, 1.82) is 5.41 Å². The van der Waals surface area contributed by atoms with Gasteiger partial charge in [0.15, 0.2) is 0 Å². The molecule has 2 aliphatic heterocycles. The molecule has 0 spiro atoms. The van der Waals surface area contributed by atoms with Crippen LogP contribution in [0, 0.1) is 12.3 Å². The molecule has 0 saturated carbocycles. The molecule has 0 bridgehead atoms. The van der Waals surface area contributed by atoms with E-state index in [1.807, 2.05) is 0 Å². The summed E-state index contributed by atoms with van der Waals surface area (Å²) in [4.78, 5) is 0. The summed E-state index contributed by atoms with van der Waals surface area (Å²) in [6.07, 6.45) is 10.1. The number of rotatable bonds is 4. The minimum Gasteiger partial charge on any atom is -0.360 e. The minimum atomic E-state index is 0.0887. The summed E-state index contributed by atoms with van der Waals surface area (Å²) in [5.74, 6) is 0.559. The Labute approximate surface area is 145 Å². The van der Waals surface area contributed by atoms with Crippen LogP contribution in [0.4, 0.5) is 5.69 Å².